The summed E-state index contributed by atoms with van der Waals surface area (Å²) in [6, 6.07) is 0. The summed E-state index contributed by atoms with van der Waals surface area (Å²) < 4.78 is 50.3. The molecule has 1 fully saturated rings. The largest absolute Gasteiger partial charge is 0.434 e. The third-order valence-corrected chi connectivity index (χ3v) is 3.21. The first-order valence-electron chi connectivity index (χ1n) is 4.77. The molecule has 0 N–H and O–H groups in total. The summed E-state index contributed by atoms with van der Waals surface area (Å²) in [5, 5.41) is 0. The molecule has 1 saturated carbocycles. The van der Waals surface area contributed by atoms with Crippen molar-refractivity contribution in [2.24, 2.45) is 5.92 Å². The van der Waals surface area contributed by atoms with Crippen molar-refractivity contribution in [3.05, 3.63) is 27.7 Å². The fourth-order valence-electron chi connectivity index (χ4n) is 1.44. The van der Waals surface area contributed by atoms with Gasteiger partial charge in [-0.3, -0.25) is 4.79 Å². The minimum atomic E-state index is -4.72. The van der Waals surface area contributed by atoms with Gasteiger partial charge in [-0.2, -0.15) is 13.2 Å². The first kappa shape index (κ1) is 12.5. The van der Waals surface area contributed by atoms with E-state index in [2.05, 4.69) is 20.9 Å². The van der Waals surface area contributed by atoms with Gasteiger partial charge in [-0.25, -0.2) is 9.37 Å². The van der Waals surface area contributed by atoms with Gasteiger partial charge in [-0.15, -0.1) is 0 Å². The van der Waals surface area contributed by atoms with Crippen LogP contribution in [0.25, 0.3) is 0 Å². The molecular weight excluding hydrogens is 306 g/mol. The maximum Gasteiger partial charge on any atom is 0.434 e. The fourth-order valence-corrected chi connectivity index (χ4v) is 2.15. The van der Waals surface area contributed by atoms with Gasteiger partial charge in [0.25, 0.3) is 0 Å². The van der Waals surface area contributed by atoms with Gasteiger partial charge in [0, 0.05) is 5.92 Å². The molecule has 0 aromatic carbocycles. The first-order chi connectivity index (χ1) is 7.82. The molecule has 1 aromatic heterocycles. The number of nitrogens with zero attached hydrogens (tertiary/aromatic N) is 1. The van der Waals surface area contributed by atoms with Crippen molar-refractivity contribution < 1.29 is 22.4 Å². The molecule has 1 aliphatic carbocycles. The topological polar surface area (TPSA) is 30.0 Å². The minimum absolute atomic E-state index is 0.357. The molecule has 0 unspecified atom stereocenters. The fraction of sp³-hybridized carbons (Fsp3) is 0.400. The number of Topliss-reactive ketones (excluding diaryl/α,β-unsaturated/α-hetero) is 1. The molecule has 17 heavy (non-hydrogen) atoms. The van der Waals surface area contributed by atoms with E-state index >= 15 is 0 Å². The van der Waals surface area contributed by atoms with Crippen LogP contribution in [0.5, 0.6) is 0 Å². The molecule has 0 amide bonds. The molecular formula is C10H6BrF4NO. The highest BCUT2D eigenvalue weighted by molar-refractivity contribution is 9.10. The Morgan fingerprint density at radius 3 is 2.47 bits per heavy atom. The lowest BCUT2D eigenvalue weighted by molar-refractivity contribution is -0.141. The number of rotatable bonds is 2. The van der Waals surface area contributed by atoms with E-state index in [4.69, 9.17) is 0 Å². The standard InChI is InChI=1S/C10H6BrF4NO/c11-7-6(8(17)4-1-2-4)5(12)3-16-9(7)10(13,14)15/h3-4H,1-2H2. The number of pyridine rings is 1. The summed E-state index contributed by atoms with van der Waals surface area (Å²) in [4.78, 5) is 14.6. The third-order valence-electron chi connectivity index (χ3n) is 2.44. The summed E-state index contributed by atoms with van der Waals surface area (Å²) in [5.41, 5.74) is -1.82. The number of carbonyl (C=O) groups is 1. The highest BCUT2D eigenvalue weighted by Crippen LogP contribution is 2.39. The van der Waals surface area contributed by atoms with E-state index in [0.717, 1.165) is 0 Å². The number of ketones is 1. The van der Waals surface area contributed by atoms with Crippen LogP contribution in [0.2, 0.25) is 0 Å². The van der Waals surface area contributed by atoms with Gasteiger partial charge in [0.15, 0.2) is 17.3 Å². The van der Waals surface area contributed by atoms with E-state index < -0.39 is 33.5 Å². The van der Waals surface area contributed by atoms with E-state index in [1.54, 1.807) is 0 Å². The Labute approximate surface area is 102 Å². The minimum Gasteiger partial charge on any atom is -0.294 e. The molecule has 1 heterocycles. The Morgan fingerprint density at radius 1 is 1.41 bits per heavy atom. The summed E-state index contributed by atoms with van der Waals surface area (Å²) in [7, 11) is 0. The maximum atomic E-state index is 13.4. The second kappa shape index (κ2) is 4.04. The van der Waals surface area contributed by atoms with Gasteiger partial charge in [0.2, 0.25) is 0 Å². The van der Waals surface area contributed by atoms with E-state index in [1.807, 2.05) is 0 Å². The first-order valence-corrected chi connectivity index (χ1v) is 5.57. The van der Waals surface area contributed by atoms with Crippen LogP contribution in [0, 0.1) is 11.7 Å². The summed E-state index contributed by atoms with van der Waals surface area (Å²) in [5.74, 6) is -1.98. The zero-order chi connectivity index (χ0) is 12.8. The van der Waals surface area contributed by atoms with Crippen molar-refractivity contribution >= 4 is 21.7 Å². The van der Waals surface area contributed by atoms with E-state index in [1.165, 1.54) is 0 Å². The molecule has 7 heteroatoms. The molecule has 2 nitrogen and oxygen atoms in total. The molecule has 0 aliphatic heterocycles. The Hall–Kier alpha value is -0.980. The quantitative estimate of drug-likeness (QED) is 0.617. The van der Waals surface area contributed by atoms with Crippen LogP contribution in [0.1, 0.15) is 28.9 Å². The van der Waals surface area contributed by atoms with Crippen molar-refractivity contribution in [1.82, 2.24) is 4.98 Å². The molecule has 1 aromatic rings. The Morgan fingerprint density at radius 2 is 2.00 bits per heavy atom. The summed E-state index contributed by atoms with van der Waals surface area (Å²) in [6.45, 7) is 0. The van der Waals surface area contributed by atoms with Gasteiger partial charge in [-0.05, 0) is 28.8 Å². The predicted molar refractivity (Wildman–Crippen MR) is 54.0 cm³/mol. The smallest absolute Gasteiger partial charge is 0.294 e. The number of hydrogen-bond donors (Lipinski definition) is 0. The average molecular weight is 312 g/mol. The lowest BCUT2D eigenvalue weighted by Gasteiger charge is -2.11. The van der Waals surface area contributed by atoms with Gasteiger partial charge < -0.3 is 0 Å². The van der Waals surface area contributed by atoms with Gasteiger partial charge in [0.1, 0.15) is 0 Å². The molecule has 0 saturated heterocycles. The molecule has 1 aliphatic rings. The van der Waals surface area contributed by atoms with Crippen LogP contribution < -0.4 is 0 Å². The number of aromatic nitrogens is 1. The highest BCUT2D eigenvalue weighted by atomic mass is 79.9. The normalized spacial score (nSPS) is 16.1. The van der Waals surface area contributed by atoms with Crippen LogP contribution in [-0.4, -0.2) is 10.8 Å². The molecule has 2 rings (SSSR count). The zero-order valence-electron chi connectivity index (χ0n) is 8.31. The summed E-state index contributed by atoms with van der Waals surface area (Å²) in [6.07, 6.45) is -3.10. The monoisotopic (exact) mass is 311 g/mol. The van der Waals surface area contributed by atoms with Crippen molar-refractivity contribution in [3.8, 4) is 0 Å². The Bertz CT molecular complexity index is 482. The van der Waals surface area contributed by atoms with Crippen LogP contribution in [0.15, 0.2) is 10.7 Å². The molecule has 0 atom stereocenters. The molecule has 92 valence electrons. The number of carbonyl (C=O) groups excluding carboxylic acids is 1. The Balaban J connectivity index is 2.54. The van der Waals surface area contributed by atoms with Crippen LogP contribution in [-0.2, 0) is 6.18 Å². The van der Waals surface area contributed by atoms with Crippen molar-refractivity contribution in [1.29, 1.82) is 0 Å². The zero-order valence-corrected chi connectivity index (χ0v) is 9.90. The van der Waals surface area contributed by atoms with Gasteiger partial charge in [0.05, 0.1) is 16.2 Å². The predicted octanol–water partition coefficient (Wildman–Crippen LogP) is 3.59. The third kappa shape index (κ3) is 2.34. The number of alkyl halides is 3. The van der Waals surface area contributed by atoms with Crippen molar-refractivity contribution in [2.75, 3.05) is 0 Å². The number of hydrogen-bond acceptors (Lipinski definition) is 2. The number of halogens is 5. The lowest BCUT2D eigenvalue weighted by Crippen LogP contribution is -2.15. The Kier molecular flexibility index (Phi) is 2.97. The SMILES string of the molecule is O=C(c1c(F)cnc(C(F)(F)F)c1Br)C1CC1. The average Bonchev–Trinajstić information content (AvgIpc) is 2.97. The second-order valence-corrected chi connectivity index (χ2v) is 4.57. The second-order valence-electron chi connectivity index (χ2n) is 3.78. The van der Waals surface area contributed by atoms with E-state index in [-0.39, 0.29) is 5.92 Å². The van der Waals surface area contributed by atoms with E-state index in [9.17, 15) is 22.4 Å². The van der Waals surface area contributed by atoms with Gasteiger partial charge in [-0.1, -0.05) is 0 Å². The van der Waals surface area contributed by atoms with E-state index in [0.29, 0.717) is 19.0 Å². The molecule has 0 bridgehead atoms. The molecule has 0 radical (unpaired) electrons. The highest BCUT2D eigenvalue weighted by Gasteiger charge is 2.40. The van der Waals surface area contributed by atoms with Crippen LogP contribution >= 0.6 is 15.9 Å². The van der Waals surface area contributed by atoms with Crippen molar-refractivity contribution in [2.45, 2.75) is 19.0 Å². The van der Waals surface area contributed by atoms with Crippen molar-refractivity contribution in [3.63, 3.8) is 0 Å². The van der Waals surface area contributed by atoms with Crippen LogP contribution in [0.4, 0.5) is 17.6 Å². The molecule has 0 spiro atoms. The van der Waals surface area contributed by atoms with Gasteiger partial charge >= 0.3 is 6.18 Å². The lowest BCUT2D eigenvalue weighted by atomic mass is 10.1. The summed E-state index contributed by atoms with van der Waals surface area (Å²) >= 11 is 2.62. The maximum absolute atomic E-state index is 13.4. The van der Waals surface area contributed by atoms with Crippen LogP contribution in [0.3, 0.4) is 0 Å².